The Bertz CT molecular complexity index is 235. The van der Waals surface area contributed by atoms with Gasteiger partial charge in [0.05, 0.1) is 27.2 Å². The summed E-state index contributed by atoms with van der Waals surface area (Å²) in [5.74, 6) is 0.116. The van der Waals surface area contributed by atoms with E-state index in [0.717, 1.165) is 24.1 Å². The first kappa shape index (κ1) is 12.5. The third kappa shape index (κ3) is 4.62. The molecule has 1 fully saturated rings. The van der Waals surface area contributed by atoms with Gasteiger partial charge >= 0.3 is 0 Å². The lowest BCUT2D eigenvalue weighted by molar-refractivity contribution is -0.882. The number of likely N-dealkylation sites (N-methyl/N-ethyl adjacent to an activating group) is 1. The smallest absolute Gasteiger partial charge is 0.275 e. The van der Waals surface area contributed by atoms with E-state index >= 15 is 0 Å². The number of carbonyl (C=O) groups excluding carboxylic acids is 1. The largest absolute Gasteiger partial charge is 0.368 e. The van der Waals surface area contributed by atoms with Crippen molar-refractivity contribution in [3.8, 4) is 0 Å². The van der Waals surface area contributed by atoms with E-state index in [0.29, 0.717) is 13.1 Å². The van der Waals surface area contributed by atoms with Crippen LogP contribution in [-0.2, 0) is 9.53 Å². The maximum Gasteiger partial charge on any atom is 0.275 e. The lowest BCUT2D eigenvalue weighted by atomic mass is 10.2. The van der Waals surface area contributed by atoms with Gasteiger partial charge in [-0.15, -0.1) is 0 Å². The van der Waals surface area contributed by atoms with E-state index in [4.69, 9.17) is 4.74 Å². The van der Waals surface area contributed by atoms with Gasteiger partial charge in [-0.3, -0.25) is 4.79 Å². The Kier molecular flexibility index (Phi) is 3.73. The number of nitrogens with one attached hydrogen (secondary N) is 1. The average Bonchev–Trinajstić information content (AvgIpc) is 2.80. The van der Waals surface area contributed by atoms with Crippen LogP contribution in [0.25, 0.3) is 0 Å². The van der Waals surface area contributed by atoms with Crippen LogP contribution in [0.3, 0.4) is 0 Å². The highest BCUT2D eigenvalue weighted by atomic mass is 16.6. The van der Waals surface area contributed by atoms with Crippen molar-refractivity contribution < 1.29 is 14.0 Å². The monoisotopic (exact) mass is 215 g/mol. The minimum absolute atomic E-state index is 0.0858. The molecule has 0 spiro atoms. The highest BCUT2D eigenvalue weighted by molar-refractivity contribution is 5.77. The summed E-state index contributed by atoms with van der Waals surface area (Å²) in [5.41, 5.74) is -0.0858. The Labute approximate surface area is 92.2 Å². The van der Waals surface area contributed by atoms with E-state index < -0.39 is 0 Å². The molecule has 0 aromatic heterocycles. The first-order valence-corrected chi connectivity index (χ1v) is 5.60. The fourth-order valence-electron chi connectivity index (χ4n) is 1.64. The molecule has 0 aliphatic carbocycles. The molecule has 88 valence electrons. The van der Waals surface area contributed by atoms with Crippen LogP contribution in [0, 0.1) is 0 Å². The Balaban J connectivity index is 2.22. The minimum Gasteiger partial charge on any atom is -0.368 e. The Morgan fingerprint density at radius 3 is 2.60 bits per heavy atom. The SMILES string of the molecule is CCC[N+](C)(C)CC(=O)NCC1(C)CO1. The van der Waals surface area contributed by atoms with Crippen LogP contribution < -0.4 is 5.32 Å². The van der Waals surface area contributed by atoms with Crippen molar-refractivity contribution in [1.82, 2.24) is 5.32 Å². The van der Waals surface area contributed by atoms with Gasteiger partial charge in [0.15, 0.2) is 6.54 Å². The van der Waals surface area contributed by atoms with Crippen molar-refractivity contribution in [3.05, 3.63) is 0 Å². The lowest BCUT2D eigenvalue weighted by Gasteiger charge is -2.28. The molecule has 4 heteroatoms. The van der Waals surface area contributed by atoms with Gasteiger partial charge in [-0.2, -0.15) is 0 Å². The number of quaternary nitrogens is 1. The highest BCUT2D eigenvalue weighted by Crippen LogP contribution is 2.24. The third-order valence-electron chi connectivity index (χ3n) is 2.70. The molecule has 1 saturated heterocycles. The number of epoxide rings is 1. The van der Waals surface area contributed by atoms with Crippen LogP contribution >= 0.6 is 0 Å². The number of rotatable bonds is 6. The zero-order valence-corrected chi connectivity index (χ0v) is 10.3. The van der Waals surface area contributed by atoms with Crippen LogP contribution in [0.2, 0.25) is 0 Å². The average molecular weight is 215 g/mol. The summed E-state index contributed by atoms with van der Waals surface area (Å²) in [6.07, 6.45) is 1.10. The molecule has 0 bridgehead atoms. The van der Waals surface area contributed by atoms with Crippen LogP contribution in [0.5, 0.6) is 0 Å². The number of hydrogen-bond donors (Lipinski definition) is 1. The predicted molar refractivity (Wildman–Crippen MR) is 59.5 cm³/mol. The quantitative estimate of drug-likeness (QED) is 0.514. The van der Waals surface area contributed by atoms with Crippen molar-refractivity contribution in [2.24, 2.45) is 0 Å². The molecule has 1 atom stereocenters. The Morgan fingerprint density at radius 1 is 1.53 bits per heavy atom. The molecular formula is C11H23N2O2+. The molecule has 1 aliphatic heterocycles. The van der Waals surface area contributed by atoms with Gasteiger partial charge in [0.2, 0.25) is 0 Å². The summed E-state index contributed by atoms with van der Waals surface area (Å²) in [4.78, 5) is 11.6. The third-order valence-corrected chi connectivity index (χ3v) is 2.70. The Hall–Kier alpha value is -0.610. The minimum atomic E-state index is -0.0858. The zero-order valence-electron chi connectivity index (χ0n) is 10.3. The van der Waals surface area contributed by atoms with E-state index in [1.54, 1.807) is 0 Å². The predicted octanol–water partition coefficient (Wildman–Crippen LogP) is 0.378. The molecule has 4 nitrogen and oxygen atoms in total. The fourth-order valence-corrected chi connectivity index (χ4v) is 1.64. The zero-order chi connectivity index (χ0) is 11.5. The van der Waals surface area contributed by atoms with Gasteiger partial charge in [-0.25, -0.2) is 0 Å². The summed E-state index contributed by atoms with van der Waals surface area (Å²) in [7, 11) is 4.16. The van der Waals surface area contributed by atoms with Gasteiger partial charge in [0, 0.05) is 6.54 Å². The van der Waals surface area contributed by atoms with Crippen LogP contribution in [-0.4, -0.2) is 56.3 Å². The Morgan fingerprint density at radius 2 is 2.13 bits per heavy atom. The number of ether oxygens (including phenoxy) is 1. The first-order valence-electron chi connectivity index (χ1n) is 5.60. The highest BCUT2D eigenvalue weighted by Gasteiger charge is 2.39. The molecule has 0 saturated carbocycles. The van der Waals surface area contributed by atoms with Crippen LogP contribution in [0.15, 0.2) is 0 Å². The second-order valence-electron chi connectivity index (χ2n) is 5.33. The number of amides is 1. The van der Waals surface area contributed by atoms with Gasteiger partial charge in [-0.1, -0.05) is 6.92 Å². The van der Waals surface area contributed by atoms with Crippen molar-refractivity contribution in [1.29, 1.82) is 0 Å². The van der Waals surface area contributed by atoms with E-state index in [1.807, 2.05) is 6.92 Å². The summed E-state index contributed by atoms with van der Waals surface area (Å²) in [6.45, 7) is 7.12. The molecule has 1 N–H and O–H groups in total. The first-order chi connectivity index (χ1) is 6.87. The molecule has 1 aliphatic rings. The molecule has 0 aromatic rings. The molecule has 0 aromatic carbocycles. The van der Waals surface area contributed by atoms with E-state index in [-0.39, 0.29) is 11.5 Å². The van der Waals surface area contributed by atoms with Crippen molar-refractivity contribution >= 4 is 5.91 Å². The molecule has 1 amide bonds. The molecular weight excluding hydrogens is 192 g/mol. The summed E-state index contributed by atoms with van der Waals surface area (Å²) < 4.78 is 5.95. The molecule has 1 heterocycles. The maximum atomic E-state index is 11.6. The lowest BCUT2D eigenvalue weighted by Crippen LogP contribution is -2.49. The second-order valence-corrected chi connectivity index (χ2v) is 5.33. The van der Waals surface area contributed by atoms with Gasteiger partial charge in [0.1, 0.15) is 5.60 Å². The number of nitrogens with zero attached hydrogens (tertiary/aromatic N) is 1. The van der Waals surface area contributed by atoms with E-state index in [2.05, 4.69) is 26.3 Å². The van der Waals surface area contributed by atoms with Gasteiger partial charge in [-0.05, 0) is 13.3 Å². The van der Waals surface area contributed by atoms with E-state index in [1.165, 1.54) is 0 Å². The van der Waals surface area contributed by atoms with Crippen molar-refractivity contribution in [2.45, 2.75) is 25.9 Å². The van der Waals surface area contributed by atoms with Gasteiger partial charge in [0.25, 0.3) is 5.91 Å². The molecule has 1 rings (SSSR count). The number of carbonyl (C=O) groups is 1. The summed E-state index contributed by atoms with van der Waals surface area (Å²) in [6, 6.07) is 0. The second kappa shape index (κ2) is 4.49. The van der Waals surface area contributed by atoms with Crippen molar-refractivity contribution in [2.75, 3.05) is 40.3 Å². The summed E-state index contributed by atoms with van der Waals surface area (Å²) >= 11 is 0. The van der Waals surface area contributed by atoms with Crippen molar-refractivity contribution in [3.63, 3.8) is 0 Å². The molecule has 1 unspecified atom stereocenters. The normalized spacial score (nSPS) is 25.1. The molecule has 0 radical (unpaired) electrons. The van der Waals surface area contributed by atoms with Gasteiger partial charge < -0.3 is 14.5 Å². The van der Waals surface area contributed by atoms with E-state index in [9.17, 15) is 4.79 Å². The standard InChI is InChI=1S/C11H22N2O2/c1-5-6-13(3,4)7-10(14)12-8-11(2)9-15-11/h5-9H2,1-4H3/p+1. The number of hydrogen-bond acceptors (Lipinski definition) is 2. The maximum absolute atomic E-state index is 11.6. The van der Waals surface area contributed by atoms with Crippen LogP contribution in [0.1, 0.15) is 20.3 Å². The molecule has 15 heavy (non-hydrogen) atoms. The summed E-state index contributed by atoms with van der Waals surface area (Å²) in [5, 5.41) is 2.92. The van der Waals surface area contributed by atoms with Crippen LogP contribution in [0.4, 0.5) is 0 Å². The fraction of sp³-hybridized carbons (Fsp3) is 0.909. The topological polar surface area (TPSA) is 41.6 Å².